The summed E-state index contributed by atoms with van der Waals surface area (Å²) in [4.78, 5) is 0. The minimum atomic E-state index is -5.15. The molecule has 0 heterocycles. The molecule has 1 atom stereocenters. The summed E-state index contributed by atoms with van der Waals surface area (Å²) in [5, 5.41) is 0. The summed E-state index contributed by atoms with van der Waals surface area (Å²) >= 11 is 0. The van der Waals surface area contributed by atoms with Crippen molar-refractivity contribution in [1.29, 1.82) is 0 Å². The van der Waals surface area contributed by atoms with Gasteiger partial charge in [0.25, 0.3) is 0 Å². The quantitative estimate of drug-likeness (QED) is 0.462. The molecule has 3 rings (SSSR count). The highest BCUT2D eigenvalue weighted by Gasteiger charge is 2.38. The molecule has 1 aliphatic carbocycles. The van der Waals surface area contributed by atoms with Gasteiger partial charge in [-0.15, -0.1) is 0 Å². The fourth-order valence-corrected chi connectivity index (χ4v) is 3.77. The topological polar surface area (TPSA) is 0 Å². The SMILES string of the molecule is CCCC1CC=C(c2ccc(-c3cc(F)c(C(F)(F)F)c(F)c3)c(F)c2)CC1. The molecule has 150 valence electrons. The molecule has 0 amide bonds. The van der Waals surface area contributed by atoms with Gasteiger partial charge in [0.2, 0.25) is 0 Å². The molecule has 1 unspecified atom stereocenters. The molecule has 0 saturated heterocycles. The summed E-state index contributed by atoms with van der Waals surface area (Å²) in [6.45, 7) is 2.14. The van der Waals surface area contributed by atoms with Crippen molar-refractivity contribution in [2.45, 2.75) is 45.2 Å². The van der Waals surface area contributed by atoms with Gasteiger partial charge in [0.05, 0.1) is 0 Å². The summed E-state index contributed by atoms with van der Waals surface area (Å²) in [5.74, 6) is -3.62. The lowest BCUT2D eigenvalue weighted by atomic mass is 9.84. The van der Waals surface area contributed by atoms with E-state index in [9.17, 15) is 26.3 Å². The van der Waals surface area contributed by atoms with Gasteiger partial charge in [0.15, 0.2) is 0 Å². The average Bonchev–Trinajstić information content (AvgIpc) is 2.60. The molecular formula is C22H20F6. The van der Waals surface area contributed by atoms with Gasteiger partial charge in [-0.05, 0) is 60.1 Å². The summed E-state index contributed by atoms with van der Waals surface area (Å²) in [6, 6.07) is 5.29. The van der Waals surface area contributed by atoms with Crippen LogP contribution in [0.1, 0.15) is 50.2 Å². The van der Waals surface area contributed by atoms with E-state index in [-0.39, 0.29) is 11.1 Å². The Kier molecular flexibility index (Phi) is 5.87. The van der Waals surface area contributed by atoms with Crippen molar-refractivity contribution in [3.8, 4) is 11.1 Å². The summed E-state index contributed by atoms with van der Waals surface area (Å²) in [6.07, 6.45) is 2.00. The fraction of sp³-hybridized carbons (Fsp3) is 0.364. The number of rotatable bonds is 4. The van der Waals surface area contributed by atoms with Crippen LogP contribution in [0.25, 0.3) is 16.7 Å². The summed E-state index contributed by atoms with van der Waals surface area (Å²) in [7, 11) is 0. The van der Waals surface area contributed by atoms with Crippen molar-refractivity contribution in [3.05, 3.63) is 65.0 Å². The fourth-order valence-electron chi connectivity index (χ4n) is 3.77. The van der Waals surface area contributed by atoms with Crippen molar-refractivity contribution in [1.82, 2.24) is 0 Å². The van der Waals surface area contributed by atoms with E-state index >= 15 is 0 Å². The minimum Gasteiger partial charge on any atom is -0.206 e. The van der Waals surface area contributed by atoms with Crippen molar-refractivity contribution in [2.24, 2.45) is 5.92 Å². The van der Waals surface area contributed by atoms with Crippen LogP contribution in [0.5, 0.6) is 0 Å². The van der Waals surface area contributed by atoms with Crippen LogP contribution in [0, 0.1) is 23.4 Å². The smallest absolute Gasteiger partial charge is 0.206 e. The first kappa shape index (κ1) is 20.5. The maximum Gasteiger partial charge on any atom is 0.422 e. The normalized spacial score (nSPS) is 17.5. The summed E-state index contributed by atoms with van der Waals surface area (Å²) < 4.78 is 80.3. The predicted octanol–water partition coefficient (Wildman–Crippen LogP) is 7.77. The second kappa shape index (κ2) is 8.02. The third kappa shape index (κ3) is 4.26. The van der Waals surface area contributed by atoms with E-state index < -0.39 is 29.2 Å². The molecule has 0 spiro atoms. The molecule has 0 fully saturated rings. The molecule has 28 heavy (non-hydrogen) atoms. The second-order valence-electron chi connectivity index (χ2n) is 7.17. The van der Waals surface area contributed by atoms with Crippen LogP contribution in [0.4, 0.5) is 26.3 Å². The number of hydrogen-bond acceptors (Lipinski definition) is 0. The first-order chi connectivity index (χ1) is 13.2. The molecular weight excluding hydrogens is 378 g/mol. The Morgan fingerprint density at radius 3 is 2.07 bits per heavy atom. The Bertz CT molecular complexity index is 871. The van der Waals surface area contributed by atoms with Crippen molar-refractivity contribution in [2.75, 3.05) is 0 Å². The Morgan fingerprint density at radius 2 is 1.57 bits per heavy atom. The zero-order valence-corrected chi connectivity index (χ0v) is 15.3. The molecule has 0 N–H and O–H groups in total. The standard InChI is InChI=1S/C22H20F6/c1-2-3-13-4-6-14(7-5-13)15-8-9-17(18(23)10-15)16-11-19(24)21(20(25)12-16)22(26,27)28/h6,8-13H,2-5,7H2,1H3. The highest BCUT2D eigenvalue weighted by atomic mass is 19.4. The lowest BCUT2D eigenvalue weighted by molar-refractivity contribution is -0.142. The Morgan fingerprint density at radius 1 is 0.929 bits per heavy atom. The lowest BCUT2D eigenvalue weighted by Crippen LogP contribution is -2.11. The number of halogens is 6. The molecule has 0 saturated carbocycles. The van der Waals surface area contributed by atoms with Crippen LogP contribution in [-0.4, -0.2) is 0 Å². The molecule has 0 bridgehead atoms. The van der Waals surface area contributed by atoms with Crippen LogP contribution in [0.15, 0.2) is 36.4 Å². The third-order valence-electron chi connectivity index (χ3n) is 5.19. The van der Waals surface area contributed by atoms with Crippen LogP contribution in [-0.2, 0) is 6.18 Å². The molecule has 0 aromatic heterocycles. The molecule has 0 nitrogen and oxygen atoms in total. The molecule has 2 aromatic carbocycles. The second-order valence-corrected chi connectivity index (χ2v) is 7.17. The van der Waals surface area contributed by atoms with Gasteiger partial charge in [0.1, 0.15) is 23.0 Å². The molecule has 1 aliphatic rings. The zero-order valence-electron chi connectivity index (χ0n) is 15.3. The third-order valence-corrected chi connectivity index (χ3v) is 5.19. The number of hydrogen-bond donors (Lipinski definition) is 0. The lowest BCUT2D eigenvalue weighted by Gasteiger charge is -2.22. The maximum absolute atomic E-state index is 14.6. The zero-order chi connectivity index (χ0) is 20.5. The van der Waals surface area contributed by atoms with E-state index in [4.69, 9.17) is 0 Å². The monoisotopic (exact) mass is 398 g/mol. The van der Waals surface area contributed by atoms with E-state index in [1.807, 2.05) is 0 Å². The van der Waals surface area contributed by atoms with Gasteiger partial charge in [-0.2, -0.15) is 13.2 Å². The Labute approximate surface area is 159 Å². The number of benzene rings is 2. The largest absolute Gasteiger partial charge is 0.422 e. The van der Waals surface area contributed by atoms with E-state index in [2.05, 4.69) is 13.0 Å². The molecule has 6 heteroatoms. The van der Waals surface area contributed by atoms with Crippen molar-refractivity contribution in [3.63, 3.8) is 0 Å². The Balaban J connectivity index is 1.90. The molecule has 2 aromatic rings. The molecule has 0 aliphatic heterocycles. The van der Waals surface area contributed by atoms with Gasteiger partial charge in [0, 0.05) is 5.56 Å². The van der Waals surface area contributed by atoms with Crippen molar-refractivity contribution < 1.29 is 26.3 Å². The summed E-state index contributed by atoms with van der Waals surface area (Å²) in [5.41, 5.74) is -0.683. The minimum absolute atomic E-state index is 0.143. The highest BCUT2D eigenvalue weighted by molar-refractivity contribution is 5.71. The van der Waals surface area contributed by atoms with Crippen molar-refractivity contribution >= 4 is 5.57 Å². The van der Waals surface area contributed by atoms with Crippen LogP contribution in [0.2, 0.25) is 0 Å². The Hall–Kier alpha value is -2.24. The van der Waals surface area contributed by atoms with Gasteiger partial charge in [-0.1, -0.05) is 38.0 Å². The van der Waals surface area contributed by atoms with Gasteiger partial charge in [-0.25, -0.2) is 13.2 Å². The van der Waals surface area contributed by atoms with E-state index in [1.165, 1.54) is 12.1 Å². The first-order valence-electron chi connectivity index (χ1n) is 9.26. The average molecular weight is 398 g/mol. The van der Waals surface area contributed by atoms with Crippen LogP contribution in [0.3, 0.4) is 0 Å². The van der Waals surface area contributed by atoms with Gasteiger partial charge >= 0.3 is 6.18 Å². The number of allylic oxidation sites excluding steroid dienone is 2. The van der Waals surface area contributed by atoms with E-state index in [0.717, 1.165) is 37.7 Å². The predicted molar refractivity (Wildman–Crippen MR) is 97.0 cm³/mol. The van der Waals surface area contributed by atoms with E-state index in [1.54, 1.807) is 6.07 Å². The maximum atomic E-state index is 14.6. The van der Waals surface area contributed by atoms with Gasteiger partial charge < -0.3 is 0 Å². The van der Waals surface area contributed by atoms with Gasteiger partial charge in [-0.3, -0.25) is 0 Å². The van der Waals surface area contributed by atoms with Crippen LogP contribution >= 0.6 is 0 Å². The van der Waals surface area contributed by atoms with E-state index in [0.29, 0.717) is 23.6 Å². The first-order valence-corrected chi connectivity index (χ1v) is 9.26. The van der Waals surface area contributed by atoms with Crippen LogP contribution < -0.4 is 0 Å². The number of alkyl halides is 3. The highest BCUT2D eigenvalue weighted by Crippen LogP contribution is 2.37. The molecule has 0 radical (unpaired) electrons.